The maximum atomic E-state index is 5.87. The number of hydrogen-bond acceptors (Lipinski definition) is 3. The summed E-state index contributed by atoms with van der Waals surface area (Å²) in [6, 6.07) is 9.70. The zero-order chi connectivity index (χ0) is 13.1. The lowest BCUT2D eigenvalue weighted by atomic mass is 10.2. The lowest BCUT2D eigenvalue weighted by molar-refractivity contribution is 0.0700. The number of hydrogen-bond donors (Lipinski definition) is 1. The Morgan fingerprint density at radius 3 is 2.89 bits per heavy atom. The third kappa shape index (κ3) is 4.23. The molecule has 2 atom stereocenters. The molecule has 3 heteroatoms. The van der Waals surface area contributed by atoms with E-state index in [0.717, 1.165) is 18.3 Å². The zero-order valence-corrected chi connectivity index (χ0v) is 12.4. The Morgan fingerprint density at radius 2 is 2.16 bits per heavy atom. The largest absolute Gasteiger partial charge is 0.374 e. The van der Waals surface area contributed by atoms with E-state index in [-0.39, 0.29) is 0 Å². The van der Waals surface area contributed by atoms with Gasteiger partial charge in [0.2, 0.25) is 0 Å². The van der Waals surface area contributed by atoms with Gasteiger partial charge < -0.3 is 10.1 Å². The van der Waals surface area contributed by atoms with Gasteiger partial charge in [0.25, 0.3) is 0 Å². The first-order chi connectivity index (χ1) is 9.29. The second-order valence-corrected chi connectivity index (χ2v) is 6.85. The number of rotatable bonds is 6. The summed E-state index contributed by atoms with van der Waals surface area (Å²) >= 11 is 1.93. The third-order valence-corrected chi connectivity index (χ3v) is 4.95. The highest BCUT2D eigenvalue weighted by atomic mass is 32.2. The van der Waals surface area contributed by atoms with Crippen LogP contribution >= 0.6 is 11.8 Å². The molecular weight excluding hydrogens is 254 g/mol. The van der Waals surface area contributed by atoms with Crippen LogP contribution in [-0.2, 0) is 11.3 Å². The van der Waals surface area contributed by atoms with Gasteiger partial charge >= 0.3 is 0 Å². The molecule has 0 spiro atoms. The van der Waals surface area contributed by atoms with Crippen LogP contribution in [-0.4, -0.2) is 24.0 Å². The van der Waals surface area contributed by atoms with Crippen molar-refractivity contribution in [3.63, 3.8) is 0 Å². The van der Waals surface area contributed by atoms with Crippen molar-refractivity contribution in [2.24, 2.45) is 0 Å². The van der Waals surface area contributed by atoms with Crippen LogP contribution in [0, 0.1) is 0 Å². The van der Waals surface area contributed by atoms with E-state index >= 15 is 0 Å². The molecule has 2 fully saturated rings. The minimum absolute atomic E-state index is 0.452. The number of ether oxygens (including phenoxy) is 1. The SMILES string of the molecule is CC1CCC(CSc2cccc(CNC3CC3)c2)O1. The van der Waals surface area contributed by atoms with Crippen LogP contribution in [0.2, 0.25) is 0 Å². The predicted octanol–water partition coefficient (Wildman–Crippen LogP) is 3.60. The second-order valence-electron chi connectivity index (χ2n) is 5.76. The summed E-state index contributed by atoms with van der Waals surface area (Å²) in [5.74, 6) is 1.09. The average Bonchev–Trinajstić information content (AvgIpc) is 3.16. The van der Waals surface area contributed by atoms with Crippen LogP contribution in [0.5, 0.6) is 0 Å². The monoisotopic (exact) mass is 277 g/mol. The normalized spacial score (nSPS) is 26.8. The molecule has 1 saturated heterocycles. The van der Waals surface area contributed by atoms with Crippen LogP contribution < -0.4 is 5.32 Å². The molecule has 3 rings (SSSR count). The van der Waals surface area contributed by atoms with E-state index in [2.05, 4.69) is 36.5 Å². The molecule has 2 aliphatic rings. The van der Waals surface area contributed by atoms with E-state index in [1.54, 1.807) is 0 Å². The Morgan fingerprint density at radius 1 is 1.26 bits per heavy atom. The first kappa shape index (κ1) is 13.5. The summed E-state index contributed by atoms with van der Waals surface area (Å²) in [4.78, 5) is 1.37. The van der Waals surface area contributed by atoms with Crippen molar-refractivity contribution in [1.29, 1.82) is 0 Å². The van der Waals surface area contributed by atoms with Crippen LogP contribution in [0.25, 0.3) is 0 Å². The van der Waals surface area contributed by atoms with Gasteiger partial charge in [0.05, 0.1) is 12.2 Å². The van der Waals surface area contributed by atoms with Crippen molar-refractivity contribution in [2.45, 2.75) is 62.3 Å². The molecule has 1 aromatic rings. The van der Waals surface area contributed by atoms with Gasteiger partial charge in [-0.3, -0.25) is 0 Å². The molecule has 0 bridgehead atoms. The van der Waals surface area contributed by atoms with Crippen LogP contribution in [0.4, 0.5) is 0 Å². The molecule has 2 unspecified atom stereocenters. The summed E-state index contributed by atoms with van der Waals surface area (Å²) in [6.07, 6.45) is 6.05. The van der Waals surface area contributed by atoms with Gasteiger partial charge in [0.1, 0.15) is 0 Å². The van der Waals surface area contributed by atoms with Gasteiger partial charge in [-0.1, -0.05) is 12.1 Å². The predicted molar refractivity (Wildman–Crippen MR) is 80.6 cm³/mol. The molecule has 1 saturated carbocycles. The van der Waals surface area contributed by atoms with E-state index in [9.17, 15) is 0 Å². The van der Waals surface area contributed by atoms with Gasteiger partial charge in [-0.2, -0.15) is 0 Å². The van der Waals surface area contributed by atoms with Gasteiger partial charge in [-0.25, -0.2) is 0 Å². The summed E-state index contributed by atoms with van der Waals surface area (Å²) in [7, 11) is 0. The highest BCUT2D eigenvalue weighted by Gasteiger charge is 2.22. The van der Waals surface area contributed by atoms with Crippen LogP contribution in [0.3, 0.4) is 0 Å². The molecule has 0 aromatic heterocycles. The highest BCUT2D eigenvalue weighted by Crippen LogP contribution is 2.27. The Kier molecular flexibility index (Phi) is 4.46. The lowest BCUT2D eigenvalue weighted by Gasteiger charge is -2.11. The smallest absolute Gasteiger partial charge is 0.0673 e. The maximum absolute atomic E-state index is 5.87. The molecule has 1 aliphatic carbocycles. The maximum Gasteiger partial charge on any atom is 0.0673 e. The van der Waals surface area contributed by atoms with Crippen molar-refractivity contribution in [2.75, 3.05) is 5.75 Å². The zero-order valence-electron chi connectivity index (χ0n) is 11.6. The third-order valence-electron chi connectivity index (χ3n) is 3.83. The van der Waals surface area contributed by atoms with Crippen molar-refractivity contribution in [1.82, 2.24) is 5.32 Å². The summed E-state index contributed by atoms with van der Waals surface area (Å²) in [5, 5.41) is 3.57. The molecule has 2 nitrogen and oxygen atoms in total. The molecule has 0 radical (unpaired) electrons. The van der Waals surface area contributed by atoms with Gasteiger partial charge in [0, 0.05) is 23.2 Å². The fourth-order valence-electron chi connectivity index (χ4n) is 2.49. The second kappa shape index (κ2) is 6.29. The van der Waals surface area contributed by atoms with Gasteiger partial charge in [-0.05, 0) is 50.3 Å². The lowest BCUT2D eigenvalue weighted by Crippen LogP contribution is -2.15. The highest BCUT2D eigenvalue weighted by molar-refractivity contribution is 7.99. The fraction of sp³-hybridized carbons (Fsp3) is 0.625. The summed E-state index contributed by atoms with van der Waals surface area (Å²) < 4.78 is 5.87. The topological polar surface area (TPSA) is 21.3 Å². The first-order valence-corrected chi connectivity index (χ1v) is 8.39. The van der Waals surface area contributed by atoms with Crippen molar-refractivity contribution in [3.8, 4) is 0 Å². The Labute approximate surface area is 120 Å². The molecule has 1 aliphatic heterocycles. The Balaban J connectivity index is 1.47. The average molecular weight is 277 g/mol. The summed E-state index contributed by atoms with van der Waals surface area (Å²) in [5.41, 5.74) is 1.40. The van der Waals surface area contributed by atoms with E-state index in [0.29, 0.717) is 12.2 Å². The number of nitrogens with one attached hydrogen (secondary N) is 1. The van der Waals surface area contributed by atoms with Crippen molar-refractivity contribution in [3.05, 3.63) is 29.8 Å². The molecule has 19 heavy (non-hydrogen) atoms. The molecule has 104 valence electrons. The van der Waals surface area contributed by atoms with E-state index in [1.807, 2.05) is 11.8 Å². The molecule has 0 amide bonds. The van der Waals surface area contributed by atoms with Crippen molar-refractivity contribution >= 4 is 11.8 Å². The van der Waals surface area contributed by atoms with Crippen LogP contribution in [0.1, 0.15) is 38.2 Å². The minimum Gasteiger partial charge on any atom is -0.374 e. The molecular formula is C16H23NOS. The number of benzene rings is 1. The Hall–Kier alpha value is -0.510. The molecule has 1 N–H and O–H groups in total. The van der Waals surface area contributed by atoms with Gasteiger partial charge in [0.15, 0.2) is 0 Å². The Bertz CT molecular complexity index is 419. The standard InChI is InChI=1S/C16H23NOS/c1-12-5-8-15(18-12)11-19-16-4-2-3-13(9-16)10-17-14-6-7-14/h2-4,9,12,14-15,17H,5-8,10-11H2,1H3. The quantitative estimate of drug-likeness (QED) is 0.803. The molecule has 1 aromatic carbocycles. The van der Waals surface area contributed by atoms with Crippen LogP contribution in [0.15, 0.2) is 29.2 Å². The van der Waals surface area contributed by atoms with Crippen molar-refractivity contribution < 1.29 is 4.74 Å². The summed E-state index contributed by atoms with van der Waals surface area (Å²) in [6.45, 7) is 3.19. The van der Waals surface area contributed by atoms with E-state index < -0.39 is 0 Å². The first-order valence-electron chi connectivity index (χ1n) is 7.40. The molecule has 1 heterocycles. The fourth-order valence-corrected chi connectivity index (χ4v) is 3.52. The minimum atomic E-state index is 0.452. The van der Waals surface area contributed by atoms with Gasteiger partial charge in [-0.15, -0.1) is 11.8 Å². The van der Waals surface area contributed by atoms with E-state index in [4.69, 9.17) is 4.74 Å². The van der Waals surface area contributed by atoms with E-state index in [1.165, 1.54) is 36.1 Å². The number of thioether (sulfide) groups is 1.